The molecule has 2 aromatic rings. The van der Waals surface area contributed by atoms with Crippen molar-refractivity contribution in [3.05, 3.63) is 35.4 Å². The number of nitrogen functional groups attached to an aromatic ring is 1. The van der Waals surface area contributed by atoms with Gasteiger partial charge in [0.15, 0.2) is 6.29 Å². The number of rotatable bonds is 4. The predicted octanol–water partition coefficient (Wildman–Crippen LogP) is 1.31. The molecule has 0 aliphatic carbocycles. The third-order valence-electron chi connectivity index (χ3n) is 2.62. The Hall–Kier alpha value is -2.77. The summed E-state index contributed by atoms with van der Waals surface area (Å²) in [7, 11) is 0. The number of nitrogens with two attached hydrogens (primary N) is 1. The molecule has 6 nitrogen and oxygen atoms in total. The van der Waals surface area contributed by atoms with Gasteiger partial charge < -0.3 is 10.8 Å². The number of carbonyl (C=O) groups excluding carboxylic acids is 1. The van der Waals surface area contributed by atoms with Crippen molar-refractivity contribution in [2.45, 2.75) is 6.54 Å². The molecule has 104 valence electrons. The molecule has 0 amide bonds. The molecular formula is C12H9F2N3O3. The van der Waals surface area contributed by atoms with Crippen molar-refractivity contribution >= 4 is 18.1 Å². The van der Waals surface area contributed by atoms with E-state index in [0.717, 1.165) is 22.9 Å². The monoisotopic (exact) mass is 281 g/mol. The number of carboxylic acids is 1. The van der Waals surface area contributed by atoms with E-state index in [-0.39, 0.29) is 22.6 Å². The Kier molecular flexibility index (Phi) is 3.47. The summed E-state index contributed by atoms with van der Waals surface area (Å²) in [5, 5.41) is 12.5. The molecule has 0 aliphatic heterocycles. The van der Waals surface area contributed by atoms with E-state index in [4.69, 9.17) is 10.8 Å². The van der Waals surface area contributed by atoms with Crippen LogP contribution in [0, 0.1) is 11.6 Å². The summed E-state index contributed by atoms with van der Waals surface area (Å²) in [6.07, 6.45) is 0.320. The van der Waals surface area contributed by atoms with Crippen LogP contribution in [0.1, 0.15) is 10.4 Å². The van der Waals surface area contributed by atoms with Gasteiger partial charge in [0.2, 0.25) is 0 Å². The number of aliphatic carboxylic acids is 1. The lowest BCUT2D eigenvalue weighted by molar-refractivity contribution is -0.137. The van der Waals surface area contributed by atoms with Crippen LogP contribution >= 0.6 is 0 Å². The summed E-state index contributed by atoms with van der Waals surface area (Å²) in [6.45, 7) is -0.594. The minimum absolute atomic E-state index is 0.184. The summed E-state index contributed by atoms with van der Waals surface area (Å²) < 4.78 is 27.7. The van der Waals surface area contributed by atoms with Gasteiger partial charge in [0.05, 0.1) is 5.56 Å². The smallest absolute Gasteiger partial charge is 0.325 e. The van der Waals surface area contributed by atoms with Crippen LogP contribution in [0.2, 0.25) is 0 Å². The first-order valence-corrected chi connectivity index (χ1v) is 5.42. The number of hydrogen-bond acceptors (Lipinski definition) is 4. The molecule has 0 aliphatic rings. The van der Waals surface area contributed by atoms with Gasteiger partial charge in [-0.25, -0.2) is 13.5 Å². The molecule has 0 spiro atoms. The molecule has 1 aromatic carbocycles. The van der Waals surface area contributed by atoms with Crippen molar-refractivity contribution in [2.75, 3.05) is 5.73 Å². The second-order valence-electron chi connectivity index (χ2n) is 3.94. The van der Waals surface area contributed by atoms with Crippen LogP contribution in [0.5, 0.6) is 0 Å². The summed E-state index contributed by atoms with van der Waals surface area (Å²) in [4.78, 5) is 21.7. The van der Waals surface area contributed by atoms with Crippen LogP contribution in [0.15, 0.2) is 18.2 Å². The zero-order chi connectivity index (χ0) is 14.9. The molecule has 0 saturated carbocycles. The highest BCUT2D eigenvalue weighted by molar-refractivity contribution is 5.92. The van der Waals surface area contributed by atoms with Crippen LogP contribution in [0.4, 0.5) is 14.6 Å². The third-order valence-corrected chi connectivity index (χ3v) is 2.62. The minimum atomic E-state index is -1.23. The first-order chi connectivity index (χ1) is 9.43. The molecule has 20 heavy (non-hydrogen) atoms. The molecule has 0 unspecified atom stereocenters. The average Bonchev–Trinajstić information content (AvgIpc) is 2.68. The minimum Gasteiger partial charge on any atom is -0.480 e. The molecule has 2 rings (SSSR count). The van der Waals surface area contributed by atoms with E-state index in [9.17, 15) is 18.4 Å². The zero-order valence-electron chi connectivity index (χ0n) is 10.0. The lowest BCUT2D eigenvalue weighted by Gasteiger charge is -2.00. The van der Waals surface area contributed by atoms with E-state index < -0.39 is 24.1 Å². The van der Waals surface area contributed by atoms with Gasteiger partial charge in [-0.3, -0.25) is 9.59 Å². The Morgan fingerprint density at radius 3 is 2.75 bits per heavy atom. The molecule has 3 N–H and O–H groups in total. The fourth-order valence-corrected chi connectivity index (χ4v) is 1.73. The topological polar surface area (TPSA) is 98.2 Å². The SMILES string of the molecule is Nc1c(C=O)c(-c2cc(F)ccc2F)nn1CC(=O)O. The number of nitrogens with zero attached hydrogens (tertiary/aromatic N) is 2. The van der Waals surface area contributed by atoms with Crippen LogP contribution in [0.3, 0.4) is 0 Å². The normalized spacial score (nSPS) is 10.5. The van der Waals surface area contributed by atoms with Crippen molar-refractivity contribution in [1.82, 2.24) is 9.78 Å². The van der Waals surface area contributed by atoms with Gasteiger partial charge in [-0.1, -0.05) is 0 Å². The number of anilines is 1. The third kappa shape index (κ3) is 2.35. The van der Waals surface area contributed by atoms with Crippen LogP contribution in [-0.4, -0.2) is 27.1 Å². The molecule has 0 radical (unpaired) electrons. The molecule has 1 aromatic heterocycles. The maximum Gasteiger partial charge on any atom is 0.325 e. The molecule has 1 heterocycles. The van der Waals surface area contributed by atoms with E-state index in [1.54, 1.807) is 0 Å². The Bertz CT molecular complexity index is 697. The lowest BCUT2D eigenvalue weighted by Crippen LogP contribution is -2.12. The Morgan fingerprint density at radius 2 is 2.15 bits per heavy atom. The molecule has 0 atom stereocenters. The van der Waals surface area contributed by atoms with Gasteiger partial charge in [0.25, 0.3) is 0 Å². The fourth-order valence-electron chi connectivity index (χ4n) is 1.73. The summed E-state index contributed by atoms with van der Waals surface area (Å²) in [5.41, 5.74) is 4.93. The molecule has 0 fully saturated rings. The van der Waals surface area contributed by atoms with E-state index in [1.165, 1.54) is 0 Å². The first kappa shape index (κ1) is 13.7. The van der Waals surface area contributed by atoms with E-state index in [2.05, 4.69) is 5.10 Å². The Labute approximate surface area is 111 Å². The first-order valence-electron chi connectivity index (χ1n) is 5.42. The van der Waals surface area contributed by atoms with Crippen molar-refractivity contribution in [2.24, 2.45) is 0 Å². The number of aldehydes is 1. The predicted molar refractivity (Wildman–Crippen MR) is 65.0 cm³/mol. The summed E-state index contributed by atoms with van der Waals surface area (Å²) in [6, 6.07) is 2.65. The summed E-state index contributed by atoms with van der Waals surface area (Å²) >= 11 is 0. The number of carboxylic acid groups (broad SMARTS) is 1. The lowest BCUT2D eigenvalue weighted by atomic mass is 10.1. The second kappa shape index (κ2) is 5.08. The van der Waals surface area contributed by atoms with Gasteiger partial charge in [0.1, 0.15) is 29.7 Å². The van der Waals surface area contributed by atoms with Gasteiger partial charge >= 0.3 is 5.97 Å². The average molecular weight is 281 g/mol. The van der Waals surface area contributed by atoms with Crippen molar-refractivity contribution in [1.29, 1.82) is 0 Å². The van der Waals surface area contributed by atoms with Crippen LogP contribution in [-0.2, 0) is 11.3 Å². The van der Waals surface area contributed by atoms with Gasteiger partial charge in [-0.2, -0.15) is 5.10 Å². The molecule has 0 bridgehead atoms. The van der Waals surface area contributed by atoms with Gasteiger partial charge in [-0.15, -0.1) is 0 Å². The van der Waals surface area contributed by atoms with E-state index in [0.29, 0.717) is 6.29 Å². The molecule has 8 heteroatoms. The maximum atomic E-state index is 13.7. The highest BCUT2D eigenvalue weighted by atomic mass is 19.1. The number of benzene rings is 1. The maximum absolute atomic E-state index is 13.7. The highest BCUT2D eigenvalue weighted by Gasteiger charge is 2.20. The second-order valence-corrected chi connectivity index (χ2v) is 3.94. The van der Waals surface area contributed by atoms with Gasteiger partial charge in [-0.05, 0) is 18.2 Å². The summed E-state index contributed by atoms with van der Waals surface area (Å²) in [5.74, 6) is -2.97. The van der Waals surface area contributed by atoms with Gasteiger partial charge in [0, 0.05) is 5.56 Å². The van der Waals surface area contributed by atoms with Crippen molar-refractivity contribution < 1.29 is 23.5 Å². The fraction of sp³-hybridized carbons (Fsp3) is 0.0833. The Morgan fingerprint density at radius 1 is 1.45 bits per heavy atom. The standard InChI is InChI=1S/C12H9F2N3O3/c13-6-1-2-9(14)7(3-6)11-8(5-18)12(15)17(16-11)4-10(19)20/h1-3,5H,4,15H2,(H,19,20). The number of hydrogen-bond donors (Lipinski definition) is 2. The van der Waals surface area contributed by atoms with Crippen LogP contribution in [0.25, 0.3) is 11.3 Å². The molecular weight excluding hydrogens is 272 g/mol. The van der Waals surface area contributed by atoms with Crippen molar-refractivity contribution in [3.8, 4) is 11.3 Å². The number of halogens is 2. The van der Waals surface area contributed by atoms with Crippen molar-refractivity contribution in [3.63, 3.8) is 0 Å². The largest absolute Gasteiger partial charge is 0.480 e. The number of carbonyl (C=O) groups is 2. The highest BCUT2D eigenvalue weighted by Crippen LogP contribution is 2.28. The van der Waals surface area contributed by atoms with Crippen LogP contribution < -0.4 is 5.73 Å². The molecule has 0 saturated heterocycles. The quantitative estimate of drug-likeness (QED) is 0.823. The van der Waals surface area contributed by atoms with E-state index in [1.807, 2.05) is 0 Å². The number of aromatic nitrogens is 2. The van der Waals surface area contributed by atoms with E-state index >= 15 is 0 Å². The Balaban J connectivity index is 2.64. The zero-order valence-corrected chi connectivity index (χ0v) is 10.0.